The molecular weight excluding hydrogens is 250 g/mol. The molecule has 0 aliphatic carbocycles. The van der Waals surface area contributed by atoms with Crippen LogP contribution in [0.5, 0.6) is 0 Å². The Hall–Kier alpha value is -0.500. The normalized spacial score (nSPS) is 10.3. The molecule has 0 spiro atoms. The number of halogens is 1. The van der Waals surface area contributed by atoms with Gasteiger partial charge in [0.25, 0.3) is 0 Å². The van der Waals surface area contributed by atoms with Crippen LogP contribution in [0.25, 0.3) is 0 Å². The van der Waals surface area contributed by atoms with Crippen molar-refractivity contribution in [2.45, 2.75) is 31.5 Å². The molecule has 0 radical (unpaired) electrons. The predicted octanol–water partition coefficient (Wildman–Crippen LogP) is 4.21. The average molecular weight is 270 g/mol. The summed E-state index contributed by atoms with van der Waals surface area (Å²) in [5.74, 6) is 0. The molecule has 1 aromatic carbocycles. The maximum Gasteiger partial charge on any atom is 0.0363 e. The Morgan fingerprint density at radius 1 is 1.13 bits per heavy atom. The number of hydrogen-bond acceptors (Lipinski definition) is 1. The van der Waals surface area contributed by atoms with E-state index in [1.807, 2.05) is 0 Å². The minimum absolute atomic E-state index is 0.937. The summed E-state index contributed by atoms with van der Waals surface area (Å²) >= 11 is 3.46. The van der Waals surface area contributed by atoms with Crippen molar-refractivity contribution >= 4 is 21.6 Å². The molecule has 0 saturated heterocycles. The summed E-state index contributed by atoms with van der Waals surface area (Å²) in [6.45, 7) is 3.40. The van der Waals surface area contributed by atoms with Crippen LogP contribution in [0, 0.1) is 0 Å². The van der Waals surface area contributed by atoms with Crippen LogP contribution in [-0.4, -0.2) is 13.6 Å². The highest BCUT2D eigenvalue weighted by molar-refractivity contribution is 9.08. The SMILES string of the molecule is CCCCCN(C)c1ccc(CBr)cc1. The van der Waals surface area contributed by atoms with Crippen molar-refractivity contribution in [3.05, 3.63) is 29.8 Å². The first kappa shape index (κ1) is 12.6. The Balaban J connectivity index is 2.46. The number of hydrogen-bond donors (Lipinski definition) is 0. The lowest BCUT2D eigenvalue weighted by Crippen LogP contribution is -2.18. The largest absolute Gasteiger partial charge is 0.375 e. The van der Waals surface area contributed by atoms with Crippen molar-refractivity contribution < 1.29 is 0 Å². The van der Waals surface area contributed by atoms with Gasteiger partial charge in [-0.3, -0.25) is 0 Å². The maximum absolute atomic E-state index is 3.46. The van der Waals surface area contributed by atoms with Gasteiger partial charge < -0.3 is 4.90 Å². The van der Waals surface area contributed by atoms with Crippen molar-refractivity contribution in [3.8, 4) is 0 Å². The highest BCUT2D eigenvalue weighted by Gasteiger charge is 1.99. The summed E-state index contributed by atoms with van der Waals surface area (Å²) in [7, 11) is 2.17. The Morgan fingerprint density at radius 3 is 2.33 bits per heavy atom. The second-order valence-corrected chi connectivity index (χ2v) is 4.49. The standard InChI is InChI=1S/C13H20BrN/c1-3-4-5-10-15(2)13-8-6-12(11-14)7-9-13/h6-9H,3-5,10-11H2,1-2H3. The molecule has 0 unspecified atom stereocenters. The summed E-state index contributed by atoms with van der Waals surface area (Å²) in [4.78, 5) is 2.33. The van der Waals surface area contributed by atoms with E-state index in [9.17, 15) is 0 Å². The quantitative estimate of drug-likeness (QED) is 0.553. The molecule has 1 aromatic rings. The van der Waals surface area contributed by atoms with Crippen LogP contribution in [0.3, 0.4) is 0 Å². The zero-order valence-electron chi connectivity index (χ0n) is 9.67. The zero-order chi connectivity index (χ0) is 11.1. The van der Waals surface area contributed by atoms with Crippen LogP contribution in [0.2, 0.25) is 0 Å². The number of rotatable bonds is 6. The minimum Gasteiger partial charge on any atom is -0.375 e. The third-order valence-electron chi connectivity index (χ3n) is 2.63. The van der Waals surface area contributed by atoms with Gasteiger partial charge >= 0.3 is 0 Å². The Bertz CT molecular complexity index is 268. The molecule has 0 aliphatic rings. The van der Waals surface area contributed by atoms with Gasteiger partial charge in [-0.1, -0.05) is 47.8 Å². The molecule has 2 heteroatoms. The fraction of sp³-hybridized carbons (Fsp3) is 0.538. The monoisotopic (exact) mass is 269 g/mol. The van der Waals surface area contributed by atoms with Gasteiger partial charge in [0.1, 0.15) is 0 Å². The van der Waals surface area contributed by atoms with Gasteiger partial charge in [-0.15, -0.1) is 0 Å². The highest BCUT2D eigenvalue weighted by atomic mass is 79.9. The molecule has 84 valence electrons. The van der Waals surface area contributed by atoms with Gasteiger partial charge in [-0.25, -0.2) is 0 Å². The van der Waals surface area contributed by atoms with Gasteiger partial charge in [0.15, 0.2) is 0 Å². The van der Waals surface area contributed by atoms with Gasteiger partial charge in [0.05, 0.1) is 0 Å². The molecule has 15 heavy (non-hydrogen) atoms. The smallest absolute Gasteiger partial charge is 0.0363 e. The van der Waals surface area contributed by atoms with Crippen LogP contribution in [0.4, 0.5) is 5.69 Å². The molecule has 0 amide bonds. The van der Waals surface area contributed by atoms with E-state index >= 15 is 0 Å². The first-order valence-electron chi connectivity index (χ1n) is 5.64. The third-order valence-corrected chi connectivity index (χ3v) is 3.28. The number of alkyl halides is 1. The molecule has 1 rings (SSSR count). The maximum atomic E-state index is 3.46. The van der Waals surface area contributed by atoms with Crippen LogP contribution < -0.4 is 4.90 Å². The van der Waals surface area contributed by atoms with Gasteiger partial charge in [0.2, 0.25) is 0 Å². The van der Waals surface area contributed by atoms with E-state index in [0.717, 1.165) is 11.9 Å². The van der Waals surface area contributed by atoms with Gasteiger partial charge in [-0.2, -0.15) is 0 Å². The Labute approximate surface area is 102 Å². The van der Waals surface area contributed by atoms with Crippen LogP contribution in [0.1, 0.15) is 31.7 Å². The molecule has 0 atom stereocenters. The van der Waals surface area contributed by atoms with E-state index in [4.69, 9.17) is 0 Å². The third kappa shape index (κ3) is 4.25. The van der Waals surface area contributed by atoms with Crippen LogP contribution in [-0.2, 0) is 5.33 Å². The highest BCUT2D eigenvalue weighted by Crippen LogP contribution is 2.15. The molecule has 0 N–H and O–H groups in total. The summed E-state index contributed by atoms with van der Waals surface area (Å²) in [5.41, 5.74) is 2.65. The fourth-order valence-electron chi connectivity index (χ4n) is 1.57. The van der Waals surface area contributed by atoms with Gasteiger partial charge in [-0.05, 0) is 24.1 Å². The van der Waals surface area contributed by atoms with Gasteiger partial charge in [0, 0.05) is 24.6 Å². The average Bonchev–Trinajstić information content (AvgIpc) is 2.29. The van der Waals surface area contributed by atoms with E-state index in [2.05, 4.69) is 59.1 Å². The van der Waals surface area contributed by atoms with Crippen molar-refractivity contribution in [1.29, 1.82) is 0 Å². The van der Waals surface area contributed by atoms with E-state index in [-0.39, 0.29) is 0 Å². The van der Waals surface area contributed by atoms with Crippen molar-refractivity contribution in [2.75, 3.05) is 18.5 Å². The van der Waals surface area contributed by atoms with E-state index in [0.29, 0.717) is 0 Å². The first-order valence-corrected chi connectivity index (χ1v) is 6.76. The lowest BCUT2D eigenvalue weighted by molar-refractivity contribution is 0.705. The van der Waals surface area contributed by atoms with E-state index < -0.39 is 0 Å². The van der Waals surface area contributed by atoms with Crippen molar-refractivity contribution in [3.63, 3.8) is 0 Å². The second-order valence-electron chi connectivity index (χ2n) is 3.93. The number of anilines is 1. The van der Waals surface area contributed by atoms with Crippen molar-refractivity contribution in [2.24, 2.45) is 0 Å². The van der Waals surface area contributed by atoms with E-state index in [1.165, 1.54) is 30.5 Å². The summed E-state index contributed by atoms with van der Waals surface area (Å²) in [5, 5.41) is 0.937. The fourth-order valence-corrected chi connectivity index (χ4v) is 1.94. The zero-order valence-corrected chi connectivity index (χ0v) is 11.3. The lowest BCUT2D eigenvalue weighted by Gasteiger charge is -2.19. The molecule has 1 nitrogen and oxygen atoms in total. The Morgan fingerprint density at radius 2 is 1.80 bits per heavy atom. The molecule has 0 bridgehead atoms. The van der Waals surface area contributed by atoms with E-state index in [1.54, 1.807) is 0 Å². The summed E-state index contributed by atoms with van der Waals surface area (Å²) < 4.78 is 0. The summed E-state index contributed by atoms with van der Waals surface area (Å²) in [6.07, 6.45) is 3.90. The lowest BCUT2D eigenvalue weighted by atomic mass is 10.2. The number of unbranched alkanes of at least 4 members (excludes halogenated alkanes) is 2. The number of benzene rings is 1. The molecular formula is C13H20BrN. The summed E-state index contributed by atoms with van der Waals surface area (Å²) in [6, 6.07) is 8.76. The minimum atomic E-state index is 0.937. The molecule has 0 saturated carbocycles. The predicted molar refractivity (Wildman–Crippen MR) is 71.9 cm³/mol. The second kappa shape index (κ2) is 6.89. The number of nitrogens with zero attached hydrogens (tertiary/aromatic N) is 1. The van der Waals surface area contributed by atoms with Crippen LogP contribution in [0.15, 0.2) is 24.3 Å². The topological polar surface area (TPSA) is 3.24 Å². The molecule has 0 fully saturated rings. The van der Waals surface area contributed by atoms with Crippen LogP contribution >= 0.6 is 15.9 Å². The molecule has 0 heterocycles. The molecule has 0 aromatic heterocycles. The first-order chi connectivity index (χ1) is 7.27. The Kier molecular flexibility index (Phi) is 5.77. The molecule has 0 aliphatic heterocycles. The van der Waals surface area contributed by atoms with Crippen molar-refractivity contribution in [1.82, 2.24) is 0 Å².